The number of carboxylic acids is 1. The minimum Gasteiger partial charge on any atom is -0.481 e. The van der Waals surface area contributed by atoms with Crippen LogP contribution in [-0.4, -0.2) is 58.6 Å². The molecule has 2 heterocycles. The highest BCUT2D eigenvalue weighted by Crippen LogP contribution is 2.22. The van der Waals surface area contributed by atoms with Gasteiger partial charge in [0, 0.05) is 31.4 Å². The third-order valence-corrected chi connectivity index (χ3v) is 10.2. The van der Waals surface area contributed by atoms with Crippen molar-refractivity contribution < 1.29 is 33.9 Å². The Bertz CT molecular complexity index is 2200. The number of aliphatic carboxylic acids is 1. The van der Waals surface area contributed by atoms with Crippen molar-refractivity contribution in [2.24, 2.45) is 5.92 Å². The Morgan fingerprint density at radius 3 is 1.91 bits per heavy atom. The molecule has 4 amide bonds. The first kappa shape index (κ1) is 40.1. The fraction of sp³-hybridized carbons (Fsp3) is 0.261. The summed E-state index contributed by atoms with van der Waals surface area (Å²) in [6, 6.07) is 35.2. The number of rotatable bonds is 8. The number of carbonyl (C=O) groups excluding carboxylic acids is 5. The van der Waals surface area contributed by atoms with Crippen molar-refractivity contribution >= 4 is 51.8 Å². The summed E-state index contributed by atoms with van der Waals surface area (Å²) in [4.78, 5) is 81.6. The lowest BCUT2D eigenvalue weighted by atomic mass is 9.90. The Morgan fingerprint density at radius 2 is 1.19 bits per heavy atom. The standard InChI is InChI=1S/C46H46N4O7/c51-41-29-35(46(56)57)26-32-18-21-36(22-19-32)47-42(52)24-25-43(53)48-38(23-20-30-10-3-1-4-11-30)44(54)50-40(28-34-16-9-15-33-14-7-8-17-37(33)34)45(55)49-39(41)27-31-12-5-2-6-13-31/h1-19,21-22,35,38-40H,20,23-29H2,(H,47,52)(H,48,53)(H,49,55)(H,50,54)(H,56,57)/t35-,38-,39-,40+/m1/s1. The monoisotopic (exact) mass is 766 g/mol. The van der Waals surface area contributed by atoms with Crippen LogP contribution in [0, 0.1) is 5.92 Å². The highest BCUT2D eigenvalue weighted by Gasteiger charge is 2.32. The minimum atomic E-state index is -1.20. The number of Topliss-reactive ketones (excluding diaryl/α,β-unsaturated/α-hetero) is 1. The number of benzene rings is 5. The molecule has 11 nitrogen and oxygen atoms in total. The number of fused-ring (bicyclic) bond motifs is 19. The van der Waals surface area contributed by atoms with Crippen molar-refractivity contribution in [3.8, 4) is 0 Å². The van der Waals surface area contributed by atoms with Gasteiger partial charge in [-0.1, -0.05) is 115 Å². The van der Waals surface area contributed by atoms with Crippen molar-refractivity contribution in [3.63, 3.8) is 0 Å². The number of hydrogen-bond donors (Lipinski definition) is 5. The predicted molar refractivity (Wildman–Crippen MR) is 217 cm³/mol. The molecule has 0 radical (unpaired) electrons. The number of amides is 4. The summed E-state index contributed by atoms with van der Waals surface area (Å²) in [7, 11) is 0. The van der Waals surface area contributed by atoms with E-state index in [2.05, 4.69) is 21.3 Å². The van der Waals surface area contributed by atoms with Crippen LogP contribution in [0.5, 0.6) is 0 Å². The van der Waals surface area contributed by atoms with Gasteiger partial charge in [0.25, 0.3) is 0 Å². The second-order valence-electron chi connectivity index (χ2n) is 14.5. The molecule has 2 aliphatic rings. The molecule has 7 rings (SSSR count). The normalized spacial score (nSPS) is 20.1. The fourth-order valence-electron chi connectivity index (χ4n) is 7.12. The van der Waals surface area contributed by atoms with E-state index in [0.717, 1.165) is 27.5 Å². The molecule has 0 aliphatic carbocycles. The van der Waals surface area contributed by atoms with Gasteiger partial charge >= 0.3 is 5.97 Å². The minimum absolute atomic E-state index is 0.0333. The van der Waals surface area contributed by atoms with Crippen molar-refractivity contribution in [3.05, 3.63) is 150 Å². The van der Waals surface area contributed by atoms with Crippen molar-refractivity contribution in [1.82, 2.24) is 16.0 Å². The van der Waals surface area contributed by atoms with Crippen LogP contribution in [0.2, 0.25) is 0 Å². The smallest absolute Gasteiger partial charge is 0.307 e. The van der Waals surface area contributed by atoms with E-state index in [1.807, 2.05) is 103 Å². The van der Waals surface area contributed by atoms with Crippen LogP contribution >= 0.6 is 0 Å². The number of carbonyl (C=O) groups is 6. The lowest BCUT2D eigenvalue weighted by molar-refractivity contribution is -0.144. The summed E-state index contributed by atoms with van der Waals surface area (Å²) in [6.07, 6.45) is 0.115. The van der Waals surface area contributed by atoms with Gasteiger partial charge in [0.1, 0.15) is 12.1 Å². The third kappa shape index (κ3) is 11.5. The SMILES string of the molecule is O=C1CCC(=O)N[C@H](CCc2ccccc2)C(=O)N[C@@H](Cc2cccc3ccccc23)C(=O)N[C@H](Cc2ccccc2)C(=O)C[C@H](C(=O)O)Cc2ccc(cc2)N1. The fourth-order valence-corrected chi connectivity index (χ4v) is 7.12. The summed E-state index contributed by atoms with van der Waals surface area (Å²) in [5.41, 5.74) is 3.57. The quantitative estimate of drug-likeness (QED) is 0.133. The average molecular weight is 767 g/mol. The van der Waals surface area contributed by atoms with E-state index in [1.54, 1.807) is 24.3 Å². The zero-order valence-electron chi connectivity index (χ0n) is 31.5. The Balaban J connectivity index is 1.36. The van der Waals surface area contributed by atoms with E-state index in [9.17, 15) is 33.9 Å². The van der Waals surface area contributed by atoms with Crippen LogP contribution in [0.1, 0.15) is 47.9 Å². The third-order valence-electron chi connectivity index (χ3n) is 10.2. The van der Waals surface area contributed by atoms with E-state index in [-0.39, 0.29) is 44.9 Å². The predicted octanol–water partition coefficient (Wildman–Crippen LogP) is 5.35. The summed E-state index contributed by atoms with van der Waals surface area (Å²) >= 11 is 0. The van der Waals surface area contributed by atoms with Gasteiger partial charge < -0.3 is 26.4 Å². The first-order valence-corrected chi connectivity index (χ1v) is 19.2. The Morgan fingerprint density at radius 1 is 0.579 bits per heavy atom. The van der Waals surface area contributed by atoms with Gasteiger partial charge in [-0.25, -0.2) is 0 Å². The topological polar surface area (TPSA) is 171 Å². The van der Waals surface area contributed by atoms with E-state index in [4.69, 9.17) is 0 Å². The summed E-state index contributed by atoms with van der Waals surface area (Å²) in [6.45, 7) is 0. The van der Waals surface area contributed by atoms with Crippen LogP contribution in [0.15, 0.2) is 127 Å². The van der Waals surface area contributed by atoms with Crippen molar-refractivity contribution in [2.75, 3.05) is 5.32 Å². The van der Waals surface area contributed by atoms with Gasteiger partial charge in [-0.2, -0.15) is 0 Å². The number of carboxylic acid groups (broad SMARTS) is 1. The molecule has 5 aromatic rings. The molecule has 292 valence electrons. The van der Waals surface area contributed by atoms with E-state index in [0.29, 0.717) is 17.7 Å². The Kier molecular flexibility index (Phi) is 13.6. The van der Waals surface area contributed by atoms with Crippen LogP contribution in [0.4, 0.5) is 5.69 Å². The Labute approximate surface area is 331 Å². The summed E-state index contributed by atoms with van der Waals surface area (Å²) in [5, 5.41) is 23.4. The molecule has 0 unspecified atom stereocenters. The number of nitrogens with one attached hydrogen (secondary N) is 4. The van der Waals surface area contributed by atoms with Crippen molar-refractivity contribution in [1.29, 1.82) is 0 Å². The van der Waals surface area contributed by atoms with E-state index in [1.165, 1.54) is 0 Å². The van der Waals surface area contributed by atoms with E-state index >= 15 is 0 Å². The Hall–Kier alpha value is -6.62. The second-order valence-corrected chi connectivity index (χ2v) is 14.5. The molecule has 2 bridgehead atoms. The van der Waals surface area contributed by atoms with Crippen LogP contribution in [0.25, 0.3) is 10.8 Å². The zero-order chi connectivity index (χ0) is 40.1. The maximum absolute atomic E-state index is 14.5. The number of ketones is 1. The lowest BCUT2D eigenvalue weighted by Gasteiger charge is -2.26. The van der Waals surface area contributed by atoms with E-state index < -0.39 is 59.4 Å². The number of aryl methyl sites for hydroxylation is 1. The molecule has 0 aromatic heterocycles. The average Bonchev–Trinajstić information content (AvgIpc) is 3.22. The molecule has 0 fully saturated rings. The van der Waals surface area contributed by atoms with Crippen LogP contribution in [-0.2, 0) is 54.5 Å². The van der Waals surface area contributed by atoms with Gasteiger partial charge in [-0.15, -0.1) is 0 Å². The van der Waals surface area contributed by atoms with Gasteiger partial charge in [0.05, 0.1) is 12.0 Å². The molecule has 5 aromatic carbocycles. The number of anilines is 1. The van der Waals surface area contributed by atoms with Gasteiger partial charge in [-0.05, 0) is 70.8 Å². The highest BCUT2D eigenvalue weighted by molar-refractivity contribution is 5.97. The molecular weight excluding hydrogens is 721 g/mol. The van der Waals surface area contributed by atoms with Gasteiger partial charge in [0.15, 0.2) is 5.78 Å². The molecule has 0 saturated carbocycles. The summed E-state index contributed by atoms with van der Waals surface area (Å²) < 4.78 is 0. The molecule has 0 saturated heterocycles. The molecule has 0 spiro atoms. The highest BCUT2D eigenvalue weighted by atomic mass is 16.4. The molecule has 2 aliphatic heterocycles. The first-order valence-electron chi connectivity index (χ1n) is 19.2. The first-order chi connectivity index (χ1) is 27.6. The molecule has 57 heavy (non-hydrogen) atoms. The van der Waals surface area contributed by atoms with Crippen molar-refractivity contribution in [2.45, 2.75) is 69.5 Å². The molecule has 4 atom stereocenters. The maximum atomic E-state index is 14.5. The molecular formula is C46H46N4O7. The lowest BCUT2D eigenvalue weighted by Crippen LogP contribution is -2.57. The maximum Gasteiger partial charge on any atom is 0.307 e. The largest absolute Gasteiger partial charge is 0.481 e. The second kappa shape index (κ2) is 19.3. The summed E-state index contributed by atoms with van der Waals surface area (Å²) in [5.74, 6) is -4.91. The van der Waals surface area contributed by atoms with Crippen LogP contribution < -0.4 is 21.3 Å². The zero-order valence-corrected chi connectivity index (χ0v) is 31.5. The number of hydrogen-bond acceptors (Lipinski definition) is 6. The van der Waals surface area contributed by atoms with Gasteiger partial charge in [0.2, 0.25) is 23.6 Å². The van der Waals surface area contributed by atoms with Gasteiger partial charge in [-0.3, -0.25) is 28.8 Å². The molecule has 5 N–H and O–H groups in total. The molecule has 11 heteroatoms. The van der Waals surface area contributed by atoms with Crippen LogP contribution in [0.3, 0.4) is 0 Å².